The van der Waals surface area contributed by atoms with E-state index in [4.69, 9.17) is 10.8 Å². The molecule has 0 aromatic heterocycles. The quantitative estimate of drug-likeness (QED) is 0.561. The van der Waals surface area contributed by atoms with Gasteiger partial charge < -0.3 is 16.2 Å². The zero-order valence-electron chi connectivity index (χ0n) is 8.31. The van der Waals surface area contributed by atoms with Gasteiger partial charge in [0, 0.05) is 10.1 Å². The second-order valence-electron chi connectivity index (χ2n) is 3.20. The summed E-state index contributed by atoms with van der Waals surface area (Å²) in [4.78, 5) is 10.2. The van der Waals surface area contributed by atoms with E-state index in [1.54, 1.807) is 22.6 Å². The molecule has 0 atom stereocenters. The molecule has 1 rings (SSSR count). The minimum atomic E-state index is -4.55. The first-order valence-corrected chi connectivity index (χ1v) is 5.41. The van der Waals surface area contributed by atoms with Gasteiger partial charge in [0.1, 0.15) is 0 Å². The maximum absolute atomic E-state index is 12.6. The van der Waals surface area contributed by atoms with E-state index in [9.17, 15) is 18.0 Å². The third-order valence-electron chi connectivity index (χ3n) is 1.94. The smallest absolute Gasteiger partial charge is 0.418 e. The van der Waals surface area contributed by atoms with Crippen LogP contribution < -0.4 is 11.1 Å². The highest BCUT2D eigenvalue weighted by Gasteiger charge is 2.34. The van der Waals surface area contributed by atoms with Gasteiger partial charge in [0.2, 0.25) is 0 Å². The van der Waals surface area contributed by atoms with Gasteiger partial charge in [-0.05, 0) is 40.3 Å². The Morgan fingerprint density at radius 2 is 2.06 bits per heavy atom. The molecule has 94 valence electrons. The van der Waals surface area contributed by atoms with Crippen LogP contribution in [0.3, 0.4) is 0 Å². The predicted octanol–water partition coefficient (Wildman–Crippen LogP) is 2.66. The van der Waals surface area contributed by atoms with E-state index in [-0.39, 0.29) is 21.4 Å². The summed E-state index contributed by atoms with van der Waals surface area (Å²) < 4.78 is 38.0. The molecule has 4 N–H and O–H groups in total. The van der Waals surface area contributed by atoms with Gasteiger partial charge >= 0.3 is 12.3 Å². The van der Waals surface area contributed by atoms with Gasteiger partial charge in [0.15, 0.2) is 0 Å². The Kier molecular flexibility index (Phi) is 4.07. The van der Waals surface area contributed by atoms with Crippen molar-refractivity contribution in [2.24, 2.45) is 0 Å². The van der Waals surface area contributed by atoms with Crippen LogP contribution in [0.4, 0.5) is 23.7 Å². The van der Waals surface area contributed by atoms with Gasteiger partial charge in [0.05, 0.1) is 11.3 Å². The number of hydrogen-bond acceptors (Lipinski definition) is 2. The molecule has 0 bridgehead atoms. The Bertz CT molecular complexity index is 449. The number of alkyl halides is 3. The molecule has 4 nitrogen and oxygen atoms in total. The lowest BCUT2D eigenvalue weighted by Gasteiger charge is -2.13. The number of anilines is 1. The fraction of sp³-hybridized carbons (Fsp3) is 0.222. The highest BCUT2D eigenvalue weighted by molar-refractivity contribution is 14.1. The molecule has 1 amide bonds. The zero-order chi connectivity index (χ0) is 13.2. The van der Waals surface area contributed by atoms with Crippen molar-refractivity contribution in [1.82, 2.24) is 5.32 Å². The van der Waals surface area contributed by atoms with Crippen molar-refractivity contribution >= 4 is 34.4 Å². The van der Waals surface area contributed by atoms with E-state index in [1.807, 2.05) is 5.32 Å². The Morgan fingerprint density at radius 3 is 2.53 bits per heavy atom. The molecule has 0 aliphatic carbocycles. The van der Waals surface area contributed by atoms with Gasteiger partial charge in [0.25, 0.3) is 0 Å². The van der Waals surface area contributed by atoms with Crippen molar-refractivity contribution < 1.29 is 23.1 Å². The lowest BCUT2D eigenvalue weighted by atomic mass is 10.1. The molecule has 0 fully saturated rings. The zero-order valence-corrected chi connectivity index (χ0v) is 10.5. The number of hydrogen-bond donors (Lipinski definition) is 3. The van der Waals surface area contributed by atoms with Crippen LogP contribution in [-0.2, 0) is 12.7 Å². The first-order chi connectivity index (χ1) is 7.71. The summed E-state index contributed by atoms with van der Waals surface area (Å²) in [6.07, 6.45) is -5.85. The molecule has 0 aliphatic heterocycles. The standard InChI is InChI=1S/C9H8F3IN2O2/c10-9(11,12)5-1-4(3-15-8(16)17)2-6(13)7(5)14/h1-2,15H,3,14H2,(H,16,17). The van der Waals surface area contributed by atoms with Crippen LogP contribution in [0, 0.1) is 3.57 Å². The van der Waals surface area contributed by atoms with Gasteiger partial charge in [-0.2, -0.15) is 13.2 Å². The maximum atomic E-state index is 12.6. The van der Waals surface area contributed by atoms with Crippen molar-refractivity contribution in [3.05, 3.63) is 26.8 Å². The Balaban J connectivity index is 3.11. The predicted molar refractivity (Wildman–Crippen MR) is 63.4 cm³/mol. The molecular formula is C9H8F3IN2O2. The molecule has 0 aliphatic rings. The number of carbonyl (C=O) groups is 1. The van der Waals surface area contributed by atoms with Crippen LogP contribution in [0.2, 0.25) is 0 Å². The first kappa shape index (κ1) is 13.9. The number of rotatable bonds is 2. The summed E-state index contributed by atoms with van der Waals surface area (Å²) >= 11 is 1.67. The summed E-state index contributed by atoms with van der Waals surface area (Å²) in [6, 6.07) is 2.24. The van der Waals surface area contributed by atoms with Crippen molar-refractivity contribution in [2.45, 2.75) is 12.7 Å². The molecule has 0 spiro atoms. The summed E-state index contributed by atoms with van der Waals surface area (Å²) in [5.41, 5.74) is 4.23. The molecule has 0 radical (unpaired) electrons. The van der Waals surface area contributed by atoms with Crippen molar-refractivity contribution in [2.75, 3.05) is 5.73 Å². The fourth-order valence-electron chi connectivity index (χ4n) is 1.19. The summed E-state index contributed by atoms with van der Waals surface area (Å²) in [6.45, 7) is -0.200. The van der Waals surface area contributed by atoms with E-state index < -0.39 is 17.8 Å². The van der Waals surface area contributed by atoms with E-state index in [2.05, 4.69) is 0 Å². The molecule has 0 saturated heterocycles. The second kappa shape index (κ2) is 4.98. The monoisotopic (exact) mass is 360 g/mol. The Hall–Kier alpha value is -1.19. The Morgan fingerprint density at radius 1 is 1.47 bits per heavy atom. The SMILES string of the molecule is Nc1c(I)cc(CNC(=O)O)cc1C(F)(F)F. The number of carboxylic acid groups (broad SMARTS) is 1. The molecule has 1 aromatic rings. The van der Waals surface area contributed by atoms with Gasteiger partial charge in [-0.1, -0.05) is 0 Å². The second-order valence-corrected chi connectivity index (χ2v) is 4.36. The third-order valence-corrected chi connectivity index (χ3v) is 2.83. The lowest BCUT2D eigenvalue weighted by molar-refractivity contribution is -0.137. The van der Waals surface area contributed by atoms with Crippen molar-refractivity contribution in [1.29, 1.82) is 0 Å². The average molecular weight is 360 g/mol. The number of nitrogens with two attached hydrogens (primary N) is 1. The highest BCUT2D eigenvalue weighted by Crippen LogP contribution is 2.36. The molecule has 0 unspecified atom stereocenters. The number of halogens is 4. The number of benzene rings is 1. The van der Waals surface area contributed by atoms with Crippen LogP contribution in [0.1, 0.15) is 11.1 Å². The molecule has 17 heavy (non-hydrogen) atoms. The molecule has 1 aromatic carbocycles. The van der Waals surface area contributed by atoms with Crippen molar-refractivity contribution in [3.63, 3.8) is 0 Å². The van der Waals surface area contributed by atoms with Crippen LogP contribution in [-0.4, -0.2) is 11.2 Å². The van der Waals surface area contributed by atoms with Gasteiger partial charge in [-0.3, -0.25) is 0 Å². The average Bonchev–Trinajstić information content (AvgIpc) is 2.17. The van der Waals surface area contributed by atoms with Crippen molar-refractivity contribution in [3.8, 4) is 0 Å². The Labute approximate surface area is 108 Å². The number of amides is 1. The van der Waals surface area contributed by atoms with E-state index >= 15 is 0 Å². The number of nitrogen functional groups attached to an aromatic ring is 1. The van der Waals surface area contributed by atoms with Crippen LogP contribution in [0.15, 0.2) is 12.1 Å². The topological polar surface area (TPSA) is 75.3 Å². The molecule has 0 saturated carbocycles. The van der Waals surface area contributed by atoms with Gasteiger partial charge in [-0.25, -0.2) is 4.79 Å². The van der Waals surface area contributed by atoms with Crippen LogP contribution >= 0.6 is 22.6 Å². The minimum absolute atomic E-state index is 0.200. The fourth-order valence-corrected chi connectivity index (χ4v) is 1.88. The maximum Gasteiger partial charge on any atom is 0.418 e. The normalized spacial score (nSPS) is 11.3. The van der Waals surface area contributed by atoms with Crippen LogP contribution in [0.25, 0.3) is 0 Å². The third kappa shape index (κ3) is 3.65. The van der Waals surface area contributed by atoms with E-state index in [1.165, 1.54) is 6.07 Å². The highest BCUT2D eigenvalue weighted by atomic mass is 127. The summed E-state index contributed by atoms with van der Waals surface area (Å²) in [5.74, 6) is 0. The van der Waals surface area contributed by atoms with E-state index in [0.29, 0.717) is 0 Å². The molecule has 0 heterocycles. The van der Waals surface area contributed by atoms with E-state index in [0.717, 1.165) is 6.07 Å². The van der Waals surface area contributed by atoms with Gasteiger partial charge in [-0.15, -0.1) is 0 Å². The first-order valence-electron chi connectivity index (χ1n) is 4.33. The van der Waals surface area contributed by atoms with Crippen LogP contribution in [0.5, 0.6) is 0 Å². The largest absolute Gasteiger partial charge is 0.465 e. The summed E-state index contributed by atoms with van der Waals surface area (Å²) in [7, 11) is 0. The summed E-state index contributed by atoms with van der Waals surface area (Å²) in [5, 5.41) is 10.4. The minimum Gasteiger partial charge on any atom is -0.465 e. The molecule has 8 heteroatoms. The lowest BCUT2D eigenvalue weighted by Crippen LogP contribution is -2.21. The molecular weight excluding hydrogens is 352 g/mol. The number of nitrogens with one attached hydrogen (secondary N) is 1.